The zero-order valence-electron chi connectivity index (χ0n) is 19.4. The number of amides is 1. The molecule has 1 amide bonds. The minimum atomic E-state index is -0.644. The fraction of sp³-hybridized carbons (Fsp3) is 0.179. The molecule has 182 valence electrons. The maximum Gasteiger partial charge on any atom is 0.339 e. The van der Waals surface area contributed by atoms with Gasteiger partial charge in [0.15, 0.2) is 6.61 Å². The summed E-state index contributed by atoms with van der Waals surface area (Å²) in [6, 6.07) is 22.1. The molecular weight excluding hydrogens is 461 g/mol. The number of aromatic nitrogens is 1. The number of nitrogens with zero attached hydrogens (tertiary/aromatic N) is 2. The quantitative estimate of drug-likeness (QED) is 0.400. The molecule has 0 atom stereocenters. The number of pyridine rings is 1. The van der Waals surface area contributed by atoms with Gasteiger partial charge in [-0.25, -0.2) is 14.2 Å². The smallest absolute Gasteiger partial charge is 0.339 e. The van der Waals surface area contributed by atoms with Gasteiger partial charge in [0, 0.05) is 35.4 Å². The first-order valence-corrected chi connectivity index (χ1v) is 11.6. The third-order valence-corrected chi connectivity index (χ3v) is 5.94. The van der Waals surface area contributed by atoms with E-state index in [0.717, 1.165) is 18.8 Å². The van der Waals surface area contributed by atoms with Crippen LogP contribution in [0.4, 0.5) is 15.8 Å². The molecule has 1 saturated heterocycles. The number of esters is 1. The van der Waals surface area contributed by atoms with Crippen LogP contribution in [0.1, 0.15) is 10.4 Å². The summed E-state index contributed by atoms with van der Waals surface area (Å²) in [6.07, 6.45) is 0. The first-order chi connectivity index (χ1) is 17.6. The van der Waals surface area contributed by atoms with Gasteiger partial charge in [-0.1, -0.05) is 18.2 Å². The SMILES string of the molecule is O=C(COC(=O)c1cc(-c2ccc(F)cc2)nc2ccccc12)Nc1ccc(N2CCOCC2)cc1. The first kappa shape index (κ1) is 23.4. The predicted octanol–water partition coefficient (Wildman–Crippen LogP) is 4.67. The standard InChI is InChI=1S/C28H24FN3O4/c29-20-7-5-19(6-8-20)26-17-24(23-3-1-2-4-25(23)31-26)28(34)36-18-27(33)30-21-9-11-22(12-10-21)32-13-15-35-16-14-32/h1-12,17H,13-16,18H2,(H,30,33). The number of fused-ring (bicyclic) bond motifs is 1. The van der Waals surface area contributed by atoms with Crippen molar-refractivity contribution < 1.29 is 23.5 Å². The van der Waals surface area contributed by atoms with Gasteiger partial charge in [-0.15, -0.1) is 0 Å². The van der Waals surface area contributed by atoms with Gasteiger partial charge in [0.1, 0.15) is 5.82 Å². The van der Waals surface area contributed by atoms with Gasteiger partial charge in [-0.05, 0) is 60.7 Å². The highest BCUT2D eigenvalue weighted by Crippen LogP contribution is 2.26. The van der Waals surface area contributed by atoms with Gasteiger partial charge in [-0.3, -0.25) is 4.79 Å². The Morgan fingerprint density at radius 1 is 0.972 bits per heavy atom. The van der Waals surface area contributed by atoms with Crippen LogP contribution < -0.4 is 10.2 Å². The number of hydrogen-bond acceptors (Lipinski definition) is 6. The van der Waals surface area contributed by atoms with Crippen molar-refractivity contribution in [2.75, 3.05) is 43.1 Å². The molecule has 2 heterocycles. The van der Waals surface area contributed by atoms with Gasteiger partial charge in [-0.2, -0.15) is 0 Å². The molecule has 0 spiro atoms. The molecule has 1 aliphatic rings. The lowest BCUT2D eigenvalue weighted by Crippen LogP contribution is -2.36. The number of halogens is 1. The molecule has 0 unspecified atom stereocenters. The Kier molecular flexibility index (Phi) is 6.86. The van der Waals surface area contributed by atoms with E-state index in [9.17, 15) is 14.0 Å². The van der Waals surface area contributed by atoms with E-state index in [-0.39, 0.29) is 11.4 Å². The fourth-order valence-corrected chi connectivity index (χ4v) is 4.10. The second-order valence-corrected chi connectivity index (χ2v) is 8.35. The van der Waals surface area contributed by atoms with Crippen molar-refractivity contribution in [3.63, 3.8) is 0 Å². The fourth-order valence-electron chi connectivity index (χ4n) is 4.10. The molecule has 1 N–H and O–H groups in total. The number of hydrogen-bond donors (Lipinski definition) is 1. The van der Waals surface area contributed by atoms with Crippen LogP contribution >= 0.6 is 0 Å². The monoisotopic (exact) mass is 485 g/mol. The number of rotatable bonds is 6. The largest absolute Gasteiger partial charge is 0.452 e. The molecule has 1 fully saturated rings. The zero-order chi connectivity index (χ0) is 24.9. The van der Waals surface area contributed by atoms with E-state index in [1.807, 2.05) is 30.3 Å². The summed E-state index contributed by atoms with van der Waals surface area (Å²) in [4.78, 5) is 32.2. The van der Waals surface area contributed by atoms with Crippen molar-refractivity contribution in [3.05, 3.63) is 90.2 Å². The summed E-state index contributed by atoms with van der Waals surface area (Å²) >= 11 is 0. The van der Waals surface area contributed by atoms with E-state index in [1.54, 1.807) is 36.4 Å². The highest BCUT2D eigenvalue weighted by Gasteiger charge is 2.17. The van der Waals surface area contributed by atoms with E-state index in [2.05, 4.69) is 15.2 Å². The third-order valence-electron chi connectivity index (χ3n) is 5.94. The number of morpholine rings is 1. The maximum atomic E-state index is 13.4. The lowest BCUT2D eigenvalue weighted by Gasteiger charge is -2.28. The molecule has 1 aromatic heterocycles. The van der Waals surface area contributed by atoms with Crippen LogP contribution in [0, 0.1) is 5.82 Å². The Balaban J connectivity index is 1.26. The van der Waals surface area contributed by atoms with Crippen molar-refractivity contribution in [2.24, 2.45) is 0 Å². The first-order valence-electron chi connectivity index (χ1n) is 11.6. The molecule has 0 radical (unpaired) electrons. The van der Waals surface area contributed by atoms with E-state index < -0.39 is 18.5 Å². The molecule has 36 heavy (non-hydrogen) atoms. The second kappa shape index (κ2) is 10.5. The van der Waals surface area contributed by atoms with Crippen LogP contribution in [0.5, 0.6) is 0 Å². The van der Waals surface area contributed by atoms with Crippen molar-refractivity contribution in [1.82, 2.24) is 4.98 Å². The summed E-state index contributed by atoms with van der Waals surface area (Å²) in [5, 5.41) is 3.36. The number of nitrogens with one attached hydrogen (secondary N) is 1. The number of carbonyl (C=O) groups is 2. The summed E-state index contributed by atoms with van der Waals surface area (Å²) < 4.78 is 24.1. The Labute approximate surface area is 207 Å². The third kappa shape index (κ3) is 5.34. The molecule has 8 heteroatoms. The average Bonchev–Trinajstić information content (AvgIpc) is 2.92. The van der Waals surface area contributed by atoms with Crippen LogP contribution in [0.15, 0.2) is 78.9 Å². The van der Waals surface area contributed by atoms with Crippen LogP contribution in [-0.2, 0) is 14.3 Å². The lowest BCUT2D eigenvalue weighted by molar-refractivity contribution is -0.119. The van der Waals surface area contributed by atoms with Crippen LogP contribution in [0.25, 0.3) is 22.2 Å². The van der Waals surface area contributed by atoms with E-state index in [4.69, 9.17) is 9.47 Å². The van der Waals surface area contributed by atoms with E-state index in [0.29, 0.717) is 41.1 Å². The second-order valence-electron chi connectivity index (χ2n) is 8.35. The van der Waals surface area contributed by atoms with E-state index >= 15 is 0 Å². The molecule has 0 saturated carbocycles. The maximum absolute atomic E-state index is 13.4. The molecule has 5 rings (SSSR count). The molecule has 0 aliphatic carbocycles. The summed E-state index contributed by atoms with van der Waals surface area (Å²) in [5.41, 5.74) is 3.71. The number of anilines is 2. The number of ether oxygens (including phenoxy) is 2. The van der Waals surface area contributed by atoms with Crippen molar-refractivity contribution in [2.45, 2.75) is 0 Å². The van der Waals surface area contributed by atoms with Crippen LogP contribution in [0.3, 0.4) is 0 Å². The highest BCUT2D eigenvalue weighted by atomic mass is 19.1. The molecule has 4 aromatic rings. The predicted molar refractivity (Wildman–Crippen MR) is 136 cm³/mol. The zero-order valence-corrected chi connectivity index (χ0v) is 19.4. The normalized spacial score (nSPS) is 13.4. The lowest BCUT2D eigenvalue weighted by atomic mass is 10.0. The van der Waals surface area contributed by atoms with Gasteiger partial charge in [0.05, 0.1) is 30.0 Å². The van der Waals surface area contributed by atoms with Crippen molar-refractivity contribution >= 4 is 34.2 Å². The van der Waals surface area contributed by atoms with Crippen molar-refractivity contribution in [3.8, 4) is 11.3 Å². The van der Waals surface area contributed by atoms with Gasteiger partial charge in [0.25, 0.3) is 5.91 Å². The Morgan fingerprint density at radius 3 is 2.44 bits per heavy atom. The van der Waals surface area contributed by atoms with Gasteiger partial charge >= 0.3 is 5.97 Å². The minimum absolute atomic E-state index is 0.280. The van der Waals surface area contributed by atoms with Gasteiger partial charge in [0.2, 0.25) is 0 Å². The van der Waals surface area contributed by atoms with Crippen LogP contribution in [-0.4, -0.2) is 49.8 Å². The Morgan fingerprint density at radius 2 is 1.69 bits per heavy atom. The molecule has 7 nitrogen and oxygen atoms in total. The molecule has 3 aromatic carbocycles. The average molecular weight is 486 g/mol. The van der Waals surface area contributed by atoms with Gasteiger partial charge < -0.3 is 19.7 Å². The number of para-hydroxylation sites is 1. The minimum Gasteiger partial charge on any atom is -0.452 e. The summed E-state index contributed by atoms with van der Waals surface area (Å²) in [6.45, 7) is 2.61. The summed E-state index contributed by atoms with van der Waals surface area (Å²) in [7, 11) is 0. The van der Waals surface area contributed by atoms with E-state index in [1.165, 1.54) is 12.1 Å². The highest BCUT2D eigenvalue weighted by molar-refractivity contribution is 6.05. The summed E-state index contributed by atoms with van der Waals surface area (Å²) in [5.74, 6) is -1.45. The number of benzene rings is 3. The molecule has 0 bridgehead atoms. The van der Waals surface area contributed by atoms with Crippen molar-refractivity contribution in [1.29, 1.82) is 0 Å². The Bertz CT molecular complexity index is 1380. The number of carbonyl (C=O) groups excluding carboxylic acids is 2. The topological polar surface area (TPSA) is 80.8 Å². The van der Waals surface area contributed by atoms with Crippen LogP contribution in [0.2, 0.25) is 0 Å². The molecule has 1 aliphatic heterocycles. The Hall–Kier alpha value is -4.30. The molecular formula is C28H24FN3O4.